The standard InChI is InChI=1S/C118H81N9O3.Ir/c1-76-66-115(100(75-97(76)106-37-22-25-65-121-106)82-45-56-93(57-46-82)127-111-40-19-16-34-96(111)103-72-85(49-62-114(103)127)79-30-12-7-13-31-79)124(4)118(130)90-68-88(116(128)122(2)107-58-50-86(104-35-20-23-63-119-104)73-98(107)80-41-52-91(53-42-80)125-109-38-17-14-32-94(109)101-70-83(47-60-112(101)125)77-26-8-5-9-27-77)67-89(69-90)117(129)123(3)108-59-51-87(105-36-21-24-64-120-105)74-99(108)81-43-54-92(55-44-81)126-110-39-18-15-33-95(110)102-71-84(48-61-113(102)126)78-28-10-6-11-29-78;/h5-49,52-75H,1-4H3;/q-2;. The first-order chi connectivity index (χ1) is 63.9. The van der Waals surface area contributed by atoms with E-state index in [1.165, 1.54) is 0 Å². The fourth-order valence-corrected chi connectivity index (χ4v) is 18.8. The SMILES string of the molecule is Cc1cc(N(C)C(=O)c2cc(C(=O)N(C)c3c[c-]c(-c4ccccn4)cc3-c3ccc(-n4c5ccccc5c5cc(-c6ccccc6)ccc54)cc3)cc(C(=O)N(C)c3c[c-]c(-c4ccccn4)cc3-c3ccc(-n4c5ccccc5c5cc(-c6ccccc6)ccc54)cc3)c2)c(-c2ccc(-n3c4ccccc4c4cc(-c5ccccc5)ccc43)cc2)cc1-c1ccccn1.[Ir]. The van der Waals surface area contributed by atoms with E-state index < -0.39 is 17.7 Å². The number of aryl methyl sites for hydroxylation is 1. The molecule has 0 aliphatic heterocycles. The van der Waals surface area contributed by atoms with Crippen molar-refractivity contribution in [3.8, 4) is 118 Å². The molecule has 0 saturated carbocycles. The molecule has 22 rings (SSSR count). The van der Waals surface area contributed by atoms with Crippen LogP contribution in [0.25, 0.3) is 183 Å². The summed E-state index contributed by atoms with van der Waals surface area (Å²) in [4.78, 5) is 68.6. The second-order valence-corrected chi connectivity index (χ2v) is 33.0. The van der Waals surface area contributed by atoms with Gasteiger partial charge in [0.2, 0.25) is 11.8 Å². The Labute approximate surface area is 771 Å². The number of anilines is 3. The van der Waals surface area contributed by atoms with Crippen molar-refractivity contribution in [3.05, 3.63) is 453 Å². The Morgan fingerprint density at radius 2 is 0.542 bits per heavy atom. The molecule has 22 aromatic rings. The number of pyridine rings is 3. The van der Waals surface area contributed by atoms with Crippen LogP contribution < -0.4 is 14.7 Å². The van der Waals surface area contributed by atoms with Crippen molar-refractivity contribution in [1.82, 2.24) is 28.7 Å². The van der Waals surface area contributed by atoms with Crippen molar-refractivity contribution in [2.45, 2.75) is 6.92 Å². The van der Waals surface area contributed by atoms with Gasteiger partial charge in [-0.3, -0.25) is 19.4 Å². The molecule has 0 spiro atoms. The van der Waals surface area contributed by atoms with Gasteiger partial charge in [0.15, 0.2) is 0 Å². The summed E-state index contributed by atoms with van der Waals surface area (Å²) >= 11 is 0. The van der Waals surface area contributed by atoms with E-state index in [1.807, 2.05) is 110 Å². The first-order valence-electron chi connectivity index (χ1n) is 43.5. The maximum absolute atomic E-state index is 16.5. The van der Waals surface area contributed by atoms with Crippen LogP contribution in [0.5, 0.6) is 0 Å². The Balaban J connectivity index is 0.0000104. The van der Waals surface area contributed by atoms with Gasteiger partial charge in [-0.05, 0) is 231 Å². The molecular weight excluding hydrogens is 1780 g/mol. The molecule has 0 fully saturated rings. The molecule has 3 amide bonds. The predicted molar refractivity (Wildman–Crippen MR) is 532 cm³/mol. The molecule has 0 unspecified atom stereocenters. The molecular formula is C118H81IrN9O3-2. The van der Waals surface area contributed by atoms with Crippen molar-refractivity contribution in [2.75, 3.05) is 35.8 Å². The molecule has 1 radical (unpaired) electrons. The fraction of sp³-hybridized carbons (Fsp3) is 0.0339. The Kier molecular flexibility index (Phi) is 21.3. The summed E-state index contributed by atoms with van der Waals surface area (Å²) in [7, 11) is 5.21. The van der Waals surface area contributed by atoms with Crippen LogP contribution in [0.3, 0.4) is 0 Å². The summed E-state index contributed by atoms with van der Waals surface area (Å²) < 4.78 is 6.91. The monoisotopic (exact) mass is 1860 g/mol. The first kappa shape index (κ1) is 81.5. The fourth-order valence-electron chi connectivity index (χ4n) is 18.8. The molecule has 6 aromatic heterocycles. The van der Waals surface area contributed by atoms with Crippen LogP contribution >= 0.6 is 0 Å². The number of para-hydroxylation sites is 3. The van der Waals surface area contributed by atoms with E-state index in [9.17, 15) is 0 Å². The van der Waals surface area contributed by atoms with Gasteiger partial charge in [0.05, 0.1) is 44.5 Å². The largest absolute Gasteiger partial charge is 0.351 e. The van der Waals surface area contributed by atoms with Crippen LogP contribution in [0.2, 0.25) is 0 Å². The van der Waals surface area contributed by atoms with E-state index in [1.54, 1.807) is 72.6 Å². The van der Waals surface area contributed by atoms with Crippen LogP contribution in [0, 0.1) is 19.1 Å². The van der Waals surface area contributed by atoms with Crippen molar-refractivity contribution in [1.29, 1.82) is 0 Å². The quantitative estimate of drug-likeness (QED) is 0.0791. The molecule has 0 aliphatic rings. The third kappa shape index (κ3) is 14.9. The summed E-state index contributed by atoms with van der Waals surface area (Å²) in [6.07, 6.45) is 5.30. The van der Waals surface area contributed by atoms with Crippen LogP contribution in [0.15, 0.2) is 419 Å². The van der Waals surface area contributed by atoms with Crippen molar-refractivity contribution in [3.63, 3.8) is 0 Å². The molecule has 627 valence electrons. The van der Waals surface area contributed by atoms with Gasteiger partial charge in [0.1, 0.15) is 0 Å². The number of aromatic nitrogens is 6. The Morgan fingerprint density at radius 1 is 0.252 bits per heavy atom. The second-order valence-electron chi connectivity index (χ2n) is 33.0. The molecule has 0 aliphatic carbocycles. The van der Waals surface area contributed by atoms with Crippen LogP contribution in [0.4, 0.5) is 17.1 Å². The number of benzene rings is 16. The topological polar surface area (TPSA) is 114 Å². The normalized spacial score (nSPS) is 11.4. The molecule has 0 saturated heterocycles. The van der Waals surface area contributed by atoms with E-state index in [4.69, 9.17) is 15.0 Å². The van der Waals surface area contributed by atoms with Crippen LogP contribution in [-0.2, 0) is 20.1 Å². The molecule has 6 heterocycles. The summed E-state index contributed by atoms with van der Waals surface area (Å²) in [5, 5.41) is 6.82. The van der Waals surface area contributed by atoms with Crippen molar-refractivity contribution in [2.24, 2.45) is 0 Å². The number of carbonyl (C=O) groups excluding carboxylic acids is 3. The van der Waals surface area contributed by atoms with Gasteiger partial charge < -0.3 is 38.4 Å². The molecule has 13 heteroatoms. The van der Waals surface area contributed by atoms with E-state index in [0.29, 0.717) is 39.6 Å². The van der Waals surface area contributed by atoms with Gasteiger partial charge in [-0.25, -0.2) is 0 Å². The molecule has 16 aromatic carbocycles. The Bertz CT molecular complexity index is 7860. The number of carbonyl (C=O) groups is 3. The summed E-state index contributed by atoms with van der Waals surface area (Å²) in [5.74, 6) is -1.45. The average Bonchev–Trinajstić information content (AvgIpc) is 1.61. The summed E-state index contributed by atoms with van der Waals surface area (Å²) in [6.45, 7) is 2.03. The molecule has 12 nitrogen and oxygen atoms in total. The zero-order valence-corrected chi connectivity index (χ0v) is 74.3. The van der Waals surface area contributed by atoms with E-state index in [2.05, 4.69) is 305 Å². The van der Waals surface area contributed by atoms with Gasteiger partial charge in [0.25, 0.3) is 5.91 Å². The second kappa shape index (κ2) is 34.3. The van der Waals surface area contributed by atoms with E-state index >= 15 is 14.4 Å². The molecule has 0 bridgehead atoms. The number of amides is 3. The minimum Gasteiger partial charge on any atom is -0.351 e. The maximum atomic E-state index is 16.5. The van der Waals surface area contributed by atoms with Gasteiger partial charge in [0, 0.05) is 137 Å². The third-order valence-corrected chi connectivity index (χ3v) is 25.3. The average molecular weight is 1870 g/mol. The van der Waals surface area contributed by atoms with Gasteiger partial charge in [-0.2, -0.15) is 0 Å². The first-order valence-corrected chi connectivity index (χ1v) is 43.5. The predicted octanol–water partition coefficient (Wildman–Crippen LogP) is 27.9. The number of fused-ring (bicyclic) bond motifs is 9. The minimum atomic E-state index is -0.490. The maximum Gasteiger partial charge on any atom is 0.258 e. The number of nitrogens with zero attached hydrogens (tertiary/aromatic N) is 9. The van der Waals surface area contributed by atoms with E-state index in [0.717, 1.165) is 166 Å². The zero-order valence-electron chi connectivity index (χ0n) is 71.9. The summed E-state index contributed by atoms with van der Waals surface area (Å²) in [6, 6.07) is 143. The van der Waals surface area contributed by atoms with Gasteiger partial charge >= 0.3 is 0 Å². The molecule has 131 heavy (non-hydrogen) atoms. The number of rotatable bonds is 18. The van der Waals surface area contributed by atoms with Crippen molar-refractivity contribution >= 4 is 100 Å². The third-order valence-electron chi connectivity index (χ3n) is 25.3. The Hall–Kier alpha value is -16.6. The van der Waals surface area contributed by atoms with Crippen LogP contribution in [0.1, 0.15) is 36.6 Å². The van der Waals surface area contributed by atoms with E-state index in [-0.39, 0.29) is 36.8 Å². The molecule has 0 atom stereocenters. The number of hydrogen-bond acceptors (Lipinski definition) is 6. The van der Waals surface area contributed by atoms with Crippen molar-refractivity contribution < 1.29 is 34.5 Å². The Morgan fingerprint density at radius 3 is 0.878 bits per heavy atom. The zero-order chi connectivity index (χ0) is 87.6. The van der Waals surface area contributed by atoms with Gasteiger partial charge in [-0.15, -0.1) is 47.5 Å². The molecule has 0 N–H and O–H groups in total. The summed E-state index contributed by atoms with van der Waals surface area (Å²) in [5.41, 5.74) is 28.0. The van der Waals surface area contributed by atoms with Crippen LogP contribution in [-0.4, -0.2) is 67.5 Å². The minimum absolute atomic E-state index is 0. The number of hydrogen-bond donors (Lipinski definition) is 0. The van der Waals surface area contributed by atoms with Gasteiger partial charge in [-0.1, -0.05) is 242 Å². The smallest absolute Gasteiger partial charge is 0.258 e.